The molecule has 0 saturated carbocycles. The smallest absolute Gasteiger partial charge is 0.323 e. The molecule has 0 unspecified atom stereocenters. The fourth-order valence-corrected chi connectivity index (χ4v) is 2.17. The Labute approximate surface area is 136 Å². The molecule has 2 rings (SSSR count). The van der Waals surface area contributed by atoms with Crippen molar-refractivity contribution >= 4 is 29.3 Å². The van der Waals surface area contributed by atoms with Crippen LogP contribution >= 0.6 is 11.6 Å². The van der Waals surface area contributed by atoms with Crippen LogP contribution in [0.4, 0.5) is 18.9 Å². The number of anilines is 1. The van der Waals surface area contributed by atoms with Crippen LogP contribution in [0.2, 0.25) is 5.02 Å². The first kappa shape index (κ1) is 17.1. The molecule has 0 heterocycles. The van der Waals surface area contributed by atoms with E-state index in [9.17, 15) is 18.0 Å². The Morgan fingerprint density at radius 1 is 1.17 bits per heavy atom. The first-order valence-corrected chi connectivity index (χ1v) is 7.06. The second kappa shape index (κ2) is 6.87. The number of nitrogens with one attached hydrogen (secondary N) is 1. The van der Waals surface area contributed by atoms with Crippen molar-refractivity contribution in [3.05, 3.63) is 70.3 Å². The van der Waals surface area contributed by atoms with Crippen LogP contribution in [0.15, 0.2) is 48.5 Å². The molecule has 0 aliphatic carbocycles. The molecule has 0 radical (unpaired) electrons. The van der Waals surface area contributed by atoms with Gasteiger partial charge >= 0.3 is 6.18 Å². The number of hydrogen-bond donors (Lipinski definition) is 1. The molecule has 0 fully saturated rings. The van der Waals surface area contributed by atoms with Crippen LogP contribution in [-0.4, -0.2) is 5.91 Å². The number of rotatable bonds is 3. The molecule has 1 N–H and O–H groups in total. The van der Waals surface area contributed by atoms with Crippen LogP contribution in [0.25, 0.3) is 6.08 Å². The van der Waals surface area contributed by atoms with Crippen LogP contribution in [0.3, 0.4) is 0 Å². The minimum absolute atomic E-state index is 0.237. The zero-order valence-electron chi connectivity index (χ0n) is 12.1. The Balaban J connectivity index is 2.12. The number of alkyl halides is 3. The molecule has 23 heavy (non-hydrogen) atoms. The molecule has 0 aliphatic heterocycles. The van der Waals surface area contributed by atoms with Crippen molar-refractivity contribution < 1.29 is 18.0 Å². The molecule has 2 aromatic rings. The summed E-state index contributed by atoms with van der Waals surface area (Å²) in [4.78, 5) is 11.8. The lowest BCUT2D eigenvalue weighted by molar-refractivity contribution is -0.137. The Morgan fingerprint density at radius 3 is 2.57 bits per heavy atom. The standard InChI is InChI=1S/C17H13ClF3NO/c1-11-3-2-4-13(9-11)22-16(23)8-6-12-5-7-15(18)14(10-12)17(19,20)21/h2-10H,1H3,(H,22,23)/b8-6+. The third kappa shape index (κ3) is 4.86. The van der Waals surface area contributed by atoms with E-state index in [0.29, 0.717) is 5.69 Å². The first-order valence-electron chi connectivity index (χ1n) is 6.68. The Hall–Kier alpha value is -2.27. The van der Waals surface area contributed by atoms with Gasteiger partial charge in [0.1, 0.15) is 0 Å². The van der Waals surface area contributed by atoms with Gasteiger partial charge in [-0.3, -0.25) is 4.79 Å². The van der Waals surface area contributed by atoms with Gasteiger partial charge in [0, 0.05) is 11.8 Å². The molecule has 2 nitrogen and oxygen atoms in total. The summed E-state index contributed by atoms with van der Waals surface area (Å²) >= 11 is 5.54. The number of aryl methyl sites for hydroxylation is 1. The third-order valence-corrected chi connectivity index (χ3v) is 3.34. The van der Waals surface area contributed by atoms with E-state index in [1.807, 2.05) is 13.0 Å². The number of halogens is 4. The SMILES string of the molecule is Cc1cccc(NC(=O)/C=C/c2ccc(Cl)c(C(F)(F)F)c2)c1. The molecular weight excluding hydrogens is 327 g/mol. The third-order valence-electron chi connectivity index (χ3n) is 3.01. The van der Waals surface area contributed by atoms with Gasteiger partial charge in [0.2, 0.25) is 5.91 Å². The summed E-state index contributed by atoms with van der Waals surface area (Å²) in [7, 11) is 0. The number of amides is 1. The largest absolute Gasteiger partial charge is 0.417 e. The minimum atomic E-state index is -4.54. The van der Waals surface area contributed by atoms with Crippen LogP contribution in [0, 0.1) is 6.92 Å². The van der Waals surface area contributed by atoms with E-state index >= 15 is 0 Å². The summed E-state index contributed by atoms with van der Waals surface area (Å²) in [6.07, 6.45) is -2.06. The molecule has 0 bridgehead atoms. The molecule has 0 atom stereocenters. The average Bonchev–Trinajstić information content (AvgIpc) is 2.45. The average molecular weight is 340 g/mol. The van der Waals surface area contributed by atoms with Gasteiger partial charge in [0.25, 0.3) is 0 Å². The maximum atomic E-state index is 12.8. The molecule has 2 aromatic carbocycles. The fraction of sp³-hybridized carbons (Fsp3) is 0.118. The van der Waals surface area contributed by atoms with Crippen molar-refractivity contribution in [3.63, 3.8) is 0 Å². The Kier molecular flexibility index (Phi) is 5.11. The highest BCUT2D eigenvalue weighted by atomic mass is 35.5. The zero-order chi connectivity index (χ0) is 17.0. The van der Waals surface area contributed by atoms with E-state index in [-0.39, 0.29) is 10.6 Å². The molecule has 0 saturated heterocycles. The van der Waals surface area contributed by atoms with E-state index in [2.05, 4.69) is 5.32 Å². The monoisotopic (exact) mass is 339 g/mol. The van der Waals surface area contributed by atoms with E-state index in [1.165, 1.54) is 18.2 Å². The van der Waals surface area contributed by atoms with E-state index in [1.54, 1.807) is 18.2 Å². The lowest BCUT2D eigenvalue weighted by Crippen LogP contribution is -2.08. The predicted molar refractivity (Wildman–Crippen MR) is 85.3 cm³/mol. The maximum absolute atomic E-state index is 12.8. The molecule has 0 aromatic heterocycles. The van der Waals surface area contributed by atoms with E-state index in [4.69, 9.17) is 11.6 Å². The minimum Gasteiger partial charge on any atom is -0.323 e. The zero-order valence-corrected chi connectivity index (χ0v) is 12.9. The molecule has 1 amide bonds. The van der Waals surface area contributed by atoms with Gasteiger partial charge < -0.3 is 5.32 Å². The number of carbonyl (C=O) groups is 1. The number of hydrogen-bond acceptors (Lipinski definition) is 1. The van der Waals surface area contributed by atoms with E-state index < -0.39 is 17.6 Å². The second-order valence-corrected chi connectivity index (χ2v) is 5.34. The molecular formula is C17H13ClF3NO. The first-order chi connectivity index (χ1) is 10.8. The predicted octanol–water partition coefficient (Wildman–Crippen LogP) is 5.32. The van der Waals surface area contributed by atoms with Gasteiger partial charge in [-0.05, 0) is 48.4 Å². The summed E-state index contributed by atoms with van der Waals surface area (Å²) in [6, 6.07) is 10.7. The van der Waals surface area contributed by atoms with Gasteiger partial charge in [0.05, 0.1) is 10.6 Å². The maximum Gasteiger partial charge on any atom is 0.417 e. The van der Waals surface area contributed by atoms with Gasteiger partial charge in [0.15, 0.2) is 0 Å². The highest BCUT2D eigenvalue weighted by molar-refractivity contribution is 6.31. The Bertz CT molecular complexity index is 754. The lowest BCUT2D eigenvalue weighted by atomic mass is 10.1. The molecule has 6 heteroatoms. The second-order valence-electron chi connectivity index (χ2n) is 4.93. The van der Waals surface area contributed by atoms with Crippen LogP contribution in [-0.2, 0) is 11.0 Å². The highest BCUT2D eigenvalue weighted by Crippen LogP contribution is 2.35. The van der Waals surface area contributed by atoms with Crippen LogP contribution in [0.5, 0.6) is 0 Å². The highest BCUT2D eigenvalue weighted by Gasteiger charge is 2.33. The van der Waals surface area contributed by atoms with Gasteiger partial charge in [-0.2, -0.15) is 13.2 Å². The molecule has 0 spiro atoms. The molecule has 0 aliphatic rings. The van der Waals surface area contributed by atoms with Crippen LogP contribution in [0.1, 0.15) is 16.7 Å². The van der Waals surface area contributed by atoms with Crippen molar-refractivity contribution in [3.8, 4) is 0 Å². The van der Waals surface area contributed by atoms with Gasteiger partial charge in [-0.25, -0.2) is 0 Å². The number of benzene rings is 2. The van der Waals surface area contributed by atoms with Crippen molar-refractivity contribution in [1.29, 1.82) is 0 Å². The van der Waals surface area contributed by atoms with Crippen molar-refractivity contribution in [2.75, 3.05) is 5.32 Å². The molecule has 120 valence electrons. The van der Waals surface area contributed by atoms with Crippen molar-refractivity contribution in [1.82, 2.24) is 0 Å². The summed E-state index contributed by atoms with van der Waals surface area (Å²) in [5.74, 6) is -0.431. The van der Waals surface area contributed by atoms with Gasteiger partial charge in [-0.1, -0.05) is 29.8 Å². The Morgan fingerprint density at radius 2 is 1.91 bits per heavy atom. The lowest BCUT2D eigenvalue weighted by Gasteiger charge is -2.09. The quantitative estimate of drug-likeness (QED) is 0.753. The van der Waals surface area contributed by atoms with Crippen molar-refractivity contribution in [2.24, 2.45) is 0 Å². The summed E-state index contributed by atoms with van der Waals surface area (Å²) in [6.45, 7) is 1.89. The van der Waals surface area contributed by atoms with Crippen molar-refractivity contribution in [2.45, 2.75) is 13.1 Å². The topological polar surface area (TPSA) is 29.1 Å². The normalized spacial score (nSPS) is 11.7. The summed E-state index contributed by atoms with van der Waals surface area (Å²) in [5, 5.41) is 2.26. The summed E-state index contributed by atoms with van der Waals surface area (Å²) < 4.78 is 38.3. The number of carbonyl (C=O) groups excluding carboxylic acids is 1. The van der Waals surface area contributed by atoms with Gasteiger partial charge in [-0.15, -0.1) is 0 Å². The van der Waals surface area contributed by atoms with E-state index in [0.717, 1.165) is 17.7 Å². The van der Waals surface area contributed by atoms with Crippen LogP contribution < -0.4 is 5.32 Å². The fourth-order valence-electron chi connectivity index (χ4n) is 1.94. The summed E-state index contributed by atoms with van der Waals surface area (Å²) in [5.41, 5.74) is 0.910.